The maximum atomic E-state index is 8.60. The number of piperazine rings is 1. The van der Waals surface area contributed by atoms with E-state index in [1.54, 1.807) is 5.32 Å². The van der Waals surface area contributed by atoms with Crippen molar-refractivity contribution < 1.29 is 11.0 Å². The molecule has 0 aliphatic carbocycles. The molecule has 1 rings (SSSR count). The van der Waals surface area contributed by atoms with Crippen molar-refractivity contribution in [2.45, 2.75) is 12.4 Å². The predicted molar refractivity (Wildman–Crippen MR) is 34.9 cm³/mol. The van der Waals surface area contributed by atoms with E-state index in [1.807, 2.05) is 5.32 Å². The van der Waals surface area contributed by atoms with E-state index in [4.69, 9.17) is 16.2 Å². The number of nitrogens with one attached hydrogen (secondary N) is 2. The van der Waals surface area contributed by atoms with Gasteiger partial charge in [0.05, 0.1) is 12.4 Å². The van der Waals surface area contributed by atoms with Gasteiger partial charge in [-0.1, -0.05) is 0 Å². The van der Waals surface area contributed by atoms with E-state index in [-0.39, 0.29) is 0 Å². The Hall–Kier alpha value is -0.590. The van der Waals surface area contributed by atoms with Gasteiger partial charge in [0, 0.05) is 36.5 Å². The Bertz CT molecular complexity index is 359. The van der Waals surface area contributed by atoms with Gasteiger partial charge in [0.1, 0.15) is 0 Å². The van der Waals surface area contributed by atoms with Crippen LogP contribution in [-0.4, -0.2) is 25.5 Å². The van der Waals surface area contributed by atoms with Crippen LogP contribution < -0.4 is 10.6 Å². The molecule has 1 atom stereocenters. The molecule has 0 saturated carbocycles. The van der Waals surface area contributed by atoms with Gasteiger partial charge >= 0.3 is 0 Å². The summed E-state index contributed by atoms with van der Waals surface area (Å²) in [4.78, 5) is 0. The summed E-state index contributed by atoms with van der Waals surface area (Å²) >= 11 is 0. The van der Waals surface area contributed by atoms with Crippen LogP contribution in [0.4, 0.5) is 0 Å². The van der Waals surface area contributed by atoms with E-state index >= 15 is 0 Å². The van der Waals surface area contributed by atoms with Gasteiger partial charge in [0.15, 0.2) is 0 Å². The number of rotatable bonds is 1. The first-order valence-corrected chi connectivity index (χ1v) is 2.34. The van der Waals surface area contributed by atoms with E-state index in [0.717, 1.165) is 0 Å². The smallest absolute Gasteiger partial charge is 0.0638 e. The molecule has 0 spiro atoms. The third-order valence-corrected chi connectivity index (χ3v) is 0.767. The highest BCUT2D eigenvalue weighted by atomic mass is 15.0. The van der Waals surface area contributed by atoms with Crippen LogP contribution in [0, 0.1) is 11.3 Å². The van der Waals surface area contributed by atoms with Crippen LogP contribution in [0.1, 0.15) is 17.3 Å². The van der Waals surface area contributed by atoms with Crippen molar-refractivity contribution in [1.82, 2.24) is 10.6 Å². The maximum absolute atomic E-state index is 8.60. The van der Waals surface area contributed by atoms with E-state index in [0.29, 0.717) is 0 Å². The average molecular weight is 133 g/mol. The SMILES string of the molecule is [2H]C([2H])(C#N)C1NC([2H])([2H])C([2H])([2H])NC1([2H])[2H]. The summed E-state index contributed by atoms with van der Waals surface area (Å²) in [5, 5.41) is 12.2. The highest BCUT2D eigenvalue weighted by Gasteiger charge is 2.09. The van der Waals surface area contributed by atoms with Gasteiger partial charge in [0.25, 0.3) is 0 Å². The second-order valence-corrected chi connectivity index (χ2v) is 1.35. The lowest BCUT2D eigenvalue weighted by atomic mass is 10.2. The molecule has 1 fully saturated rings. The molecular formula is C6H11N3. The number of nitriles is 1. The van der Waals surface area contributed by atoms with Gasteiger partial charge in [-0.15, -0.1) is 0 Å². The molecule has 2 N–H and O–H groups in total. The van der Waals surface area contributed by atoms with Crippen LogP contribution >= 0.6 is 0 Å². The zero-order valence-electron chi connectivity index (χ0n) is 12.5. The number of nitrogens with zero attached hydrogens (tertiary/aromatic N) is 1. The van der Waals surface area contributed by atoms with Crippen LogP contribution in [0.25, 0.3) is 0 Å². The van der Waals surface area contributed by atoms with Crippen LogP contribution in [0.5, 0.6) is 0 Å². The predicted octanol–water partition coefficient (Wildman–Crippen LogP) is -0.539. The molecule has 0 aromatic carbocycles. The molecule has 0 bridgehead atoms. The normalized spacial score (nSPS) is 58.8. The van der Waals surface area contributed by atoms with Gasteiger partial charge < -0.3 is 10.6 Å². The zero-order chi connectivity index (χ0) is 13.7. The van der Waals surface area contributed by atoms with Gasteiger partial charge in [0.2, 0.25) is 0 Å². The Kier molecular flexibility index (Phi) is 0.655. The molecule has 1 saturated heterocycles. The summed E-state index contributed by atoms with van der Waals surface area (Å²) in [5.74, 6) is 0. The summed E-state index contributed by atoms with van der Waals surface area (Å²) in [7, 11) is 0. The van der Waals surface area contributed by atoms with Crippen molar-refractivity contribution in [2.24, 2.45) is 0 Å². The molecule has 3 heteroatoms. The third kappa shape index (κ3) is 2.00. The molecule has 9 heavy (non-hydrogen) atoms. The lowest BCUT2D eigenvalue weighted by molar-refractivity contribution is 0.423. The molecule has 1 aliphatic heterocycles. The standard InChI is InChI=1S/C6H11N3/c7-2-1-6-5-8-3-4-9-6/h6,8-9H,1,3-5H2/i1D2,3D2,4D2,5D2. The lowest BCUT2D eigenvalue weighted by Gasteiger charge is -2.21. The topological polar surface area (TPSA) is 47.9 Å². The van der Waals surface area contributed by atoms with Crippen LogP contribution in [-0.2, 0) is 0 Å². The molecule has 3 nitrogen and oxygen atoms in total. The fourth-order valence-electron chi connectivity index (χ4n) is 0.421. The Morgan fingerprint density at radius 1 is 1.89 bits per heavy atom. The van der Waals surface area contributed by atoms with Crippen LogP contribution in [0.2, 0.25) is 0 Å². The fourth-order valence-corrected chi connectivity index (χ4v) is 0.421. The molecule has 0 amide bonds. The monoisotopic (exact) mass is 133 g/mol. The van der Waals surface area contributed by atoms with Crippen molar-refractivity contribution >= 4 is 0 Å². The second kappa shape index (κ2) is 3.44. The molecule has 0 aromatic rings. The molecule has 1 heterocycles. The molecule has 0 aromatic heterocycles. The summed E-state index contributed by atoms with van der Waals surface area (Å²) in [6.45, 7) is -8.03. The van der Waals surface area contributed by atoms with Gasteiger partial charge in [-0.25, -0.2) is 0 Å². The molecular weight excluding hydrogens is 114 g/mol. The minimum atomic E-state index is -2.72. The summed E-state index contributed by atoms with van der Waals surface area (Å²) < 4.78 is 58.9. The number of hydrogen-bond donors (Lipinski definition) is 2. The molecule has 50 valence electrons. The summed E-state index contributed by atoms with van der Waals surface area (Å²) in [5.41, 5.74) is 0. The molecule has 0 radical (unpaired) electrons. The Morgan fingerprint density at radius 2 is 2.78 bits per heavy atom. The summed E-state index contributed by atoms with van der Waals surface area (Å²) in [6.07, 6.45) is -2.68. The second-order valence-electron chi connectivity index (χ2n) is 1.35. The van der Waals surface area contributed by atoms with Crippen molar-refractivity contribution in [3.63, 3.8) is 0 Å². The lowest BCUT2D eigenvalue weighted by Crippen LogP contribution is -2.47. The maximum Gasteiger partial charge on any atom is 0.0638 e. The quantitative estimate of drug-likeness (QED) is 0.505. The third-order valence-electron chi connectivity index (χ3n) is 0.767. The van der Waals surface area contributed by atoms with Crippen molar-refractivity contribution in [2.75, 3.05) is 19.5 Å². The van der Waals surface area contributed by atoms with Crippen molar-refractivity contribution in [1.29, 1.82) is 5.26 Å². The zero-order valence-corrected chi connectivity index (χ0v) is 4.52. The van der Waals surface area contributed by atoms with Gasteiger partial charge in [-0.3, -0.25) is 0 Å². The Morgan fingerprint density at radius 3 is 3.56 bits per heavy atom. The molecule has 1 unspecified atom stereocenters. The average Bonchev–Trinajstić information content (AvgIpc) is 2.10. The van der Waals surface area contributed by atoms with E-state index < -0.39 is 31.9 Å². The first kappa shape index (κ1) is 1.71. The minimum Gasteiger partial charge on any atom is -0.314 e. The van der Waals surface area contributed by atoms with E-state index in [1.165, 1.54) is 6.07 Å². The highest BCUT2D eigenvalue weighted by molar-refractivity contribution is 4.84. The van der Waals surface area contributed by atoms with Gasteiger partial charge in [-0.2, -0.15) is 5.26 Å². The van der Waals surface area contributed by atoms with E-state index in [9.17, 15) is 0 Å². The van der Waals surface area contributed by atoms with Crippen LogP contribution in [0.15, 0.2) is 0 Å². The molecule has 1 aliphatic rings. The van der Waals surface area contributed by atoms with E-state index in [2.05, 4.69) is 0 Å². The van der Waals surface area contributed by atoms with Gasteiger partial charge in [-0.05, 0) is 0 Å². The Labute approximate surface area is 66.3 Å². The Balaban J connectivity index is 3.16. The van der Waals surface area contributed by atoms with Crippen molar-refractivity contribution in [3.05, 3.63) is 0 Å². The summed E-state index contributed by atoms with van der Waals surface area (Å²) in [6, 6.07) is -0.601. The van der Waals surface area contributed by atoms with Crippen LogP contribution in [0.3, 0.4) is 0 Å². The number of hydrogen-bond acceptors (Lipinski definition) is 3. The first-order chi connectivity index (χ1) is 7.36. The fraction of sp³-hybridized carbons (Fsp3) is 0.833. The minimum absolute atomic E-state index is 1.23. The first-order valence-electron chi connectivity index (χ1n) is 6.34. The highest BCUT2D eigenvalue weighted by Crippen LogP contribution is 1.90. The largest absolute Gasteiger partial charge is 0.314 e. The van der Waals surface area contributed by atoms with Crippen molar-refractivity contribution in [3.8, 4) is 6.07 Å².